The summed E-state index contributed by atoms with van der Waals surface area (Å²) in [6.07, 6.45) is 0. The zero-order valence-electron chi connectivity index (χ0n) is 6.30. The van der Waals surface area contributed by atoms with Crippen molar-refractivity contribution in [3.63, 3.8) is 0 Å². The second-order valence-corrected chi connectivity index (χ2v) is 3.58. The molecular formula is C8H6Cl2O2. The van der Waals surface area contributed by atoms with Gasteiger partial charge in [0, 0.05) is 17.5 Å². The van der Waals surface area contributed by atoms with E-state index in [1.165, 1.54) is 0 Å². The van der Waals surface area contributed by atoms with Crippen LogP contribution in [0.3, 0.4) is 0 Å². The molecule has 4 heteroatoms. The largest absolute Gasteiger partial charge is 0.257 e. The van der Waals surface area contributed by atoms with Crippen molar-refractivity contribution in [3.05, 3.63) is 33.8 Å². The molecule has 0 N–H and O–H groups in total. The minimum atomic E-state index is -0.665. The predicted molar refractivity (Wildman–Crippen MR) is 46.0 cm³/mol. The van der Waals surface area contributed by atoms with E-state index in [4.69, 9.17) is 33.0 Å². The Morgan fingerprint density at radius 1 is 1.25 bits per heavy atom. The third-order valence-corrected chi connectivity index (χ3v) is 2.30. The zero-order valence-corrected chi connectivity index (χ0v) is 7.82. The topological polar surface area (TPSA) is 25.1 Å². The van der Waals surface area contributed by atoms with Crippen LogP contribution in [0, 0.1) is 0 Å². The van der Waals surface area contributed by atoms with Gasteiger partial charge in [0.25, 0.3) is 5.79 Å². The molecule has 1 aliphatic heterocycles. The molecule has 12 heavy (non-hydrogen) atoms. The Morgan fingerprint density at radius 3 is 2.42 bits per heavy atom. The molecule has 0 radical (unpaired) electrons. The maximum absolute atomic E-state index is 5.91. The van der Waals surface area contributed by atoms with Crippen molar-refractivity contribution in [2.45, 2.75) is 12.7 Å². The van der Waals surface area contributed by atoms with Gasteiger partial charge in [-0.05, 0) is 12.1 Å². The Balaban J connectivity index is 2.45. The quantitative estimate of drug-likeness (QED) is 0.519. The molecule has 0 spiro atoms. The highest BCUT2D eigenvalue weighted by Gasteiger charge is 2.46. The molecule has 1 aromatic carbocycles. The van der Waals surface area contributed by atoms with Gasteiger partial charge < -0.3 is 0 Å². The van der Waals surface area contributed by atoms with Gasteiger partial charge in [0.15, 0.2) is 0 Å². The van der Waals surface area contributed by atoms with Crippen LogP contribution in [-0.4, -0.2) is 0 Å². The van der Waals surface area contributed by atoms with Gasteiger partial charge >= 0.3 is 0 Å². The molecule has 1 saturated heterocycles. The second kappa shape index (κ2) is 2.60. The number of hydrogen-bond donors (Lipinski definition) is 0. The molecule has 0 amide bonds. The summed E-state index contributed by atoms with van der Waals surface area (Å²) in [5, 5.41) is 1.16. The van der Waals surface area contributed by atoms with Crippen LogP contribution in [0.2, 0.25) is 10.0 Å². The standard InChI is InChI=1S/C8H6Cl2O2/c1-8(11-12-8)6-3-2-5(9)4-7(6)10/h2-4H,1H3. The molecule has 0 aliphatic carbocycles. The Morgan fingerprint density at radius 2 is 1.92 bits per heavy atom. The Bertz CT molecular complexity index is 321. The van der Waals surface area contributed by atoms with Gasteiger partial charge in [-0.15, -0.1) is 0 Å². The summed E-state index contributed by atoms with van der Waals surface area (Å²) in [6, 6.07) is 5.20. The third-order valence-electron chi connectivity index (χ3n) is 1.75. The maximum Gasteiger partial charge on any atom is 0.257 e. The molecule has 1 fully saturated rings. The highest BCUT2D eigenvalue weighted by molar-refractivity contribution is 6.35. The van der Waals surface area contributed by atoms with Crippen molar-refractivity contribution in [1.82, 2.24) is 0 Å². The fraction of sp³-hybridized carbons (Fsp3) is 0.250. The number of halogens is 2. The van der Waals surface area contributed by atoms with Crippen molar-refractivity contribution >= 4 is 23.2 Å². The first-order valence-electron chi connectivity index (χ1n) is 3.44. The van der Waals surface area contributed by atoms with E-state index in [0.29, 0.717) is 10.0 Å². The van der Waals surface area contributed by atoms with Crippen LogP contribution in [0.25, 0.3) is 0 Å². The first kappa shape index (κ1) is 8.32. The maximum atomic E-state index is 5.91. The van der Waals surface area contributed by atoms with E-state index in [0.717, 1.165) is 5.56 Å². The van der Waals surface area contributed by atoms with Crippen LogP contribution in [0.1, 0.15) is 12.5 Å². The summed E-state index contributed by atoms with van der Waals surface area (Å²) in [5.74, 6) is -0.665. The van der Waals surface area contributed by atoms with Crippen molar-refractivity contribution in [2.24, 2.45) is 0 Å². The van der Waals surface area contributed by atoms with Gasteiger partial charge in [-0.2, -0.15) is 9.78 Å². The molecule has 1 aromatic rings. The summed E-state index contributed by atoms with van der Waals surface area (Å²) in [7, 11) is 0. The van der Waals surface area contributed by atoms with Crippen molar-refractivity contribution < 1.29 is 9.78 Å². The van der Waals surface area contributed by atoms with Crippen LogP contribution in [0.5, 0.6) is 0 Å². The molecule has 0 bridgehead atoms. The Hall–Kier alpha value is -0.280. The first-order valence-corrected chi connectivity index (χ1v) is 4.20. The molecule has 0 unspecified atom stereocenters. The normalized spacial score (nSPS) is 19.2. The van der Waals surface area contributed by atoms with Crippen LogP contribution >= 0.6 is 23.2 Å². The molecule has 0 saturated carbocycles. The number of rotatable bonds is 1. The average Bonchev–Trinajstić information content (AvgIpc) is 2.68. The van der Waals surface area contributed by atoms with E-state index in [-0.39, 0.29) is 0 Å². The molecule has 64 valence electrons. The molecule has 0 aromatic heterocycles. The van der Waals surface area contributed by atoms with Crippen LogP contribution < -0.4 is 0 Å². The average molecular weight is 205 g/mol. The molecule has 1 aliphatic rings. The van der Waals surface area contributed by atoms with Gasteiger partial charge in [-0.3, -0.25) is 0 Å². The lowest BCUT2D eigenvalue weighted by Crippen LogP contribution is -2.01. The second-order valence-electron chi connectivity index (χ2n) is 2.74. The number of hydrogen-bond acceptors (Lipinski definition) is 2. The fourth-order valence-electron chi connectivity index (χ4n) is 1.01. The van der Waals surface area contributed by atoms with E-state index in [9.17, 15) is 0 Å². The van der Waals surface area contributed by atoms with Crippen molar-refractivity contribution in [1.29, 1.82) is 0 Å². The summed E-state index contributed by atoms with van der Waals surface area (Å²) in [4.78, 5) is 9.55. The molecule has 2 rings (SSSR count). The van der Waals surface area contributed by atoms with Crippen LogP contribution in [0.15, 0.2) is 18.2 Å². The SMILES string of the molecule is CC1(c2ccc(Cl)cc2Cl)OO1. The zero-order chi connectivity index (χ0) is 8.77. The first-order chi connectivity index (χ1) is 5.62. The lowest BCUT2D eigenvalue weighted by atomic mass is 10.1. The van der Waals surface area contributed by atoms with Crippen LogP contribution in [0.4, 0.5) is 0 Å². The minimum absolute atomic E-state index is 0.558. The fourth-order valence-corrected chi connectivity index (χ4v) is 1.59. The van der Waals surface area contributed by atoms with Gasteiger partial charge in [0.1, 0.15) is 0 Å². The lowest BCUT2D eigenvalue weighted by molar-refractivity contribution is 0.0850. The highest BCUT2D eigenvalue weighted by atomic mass is 35.5. The van der Waals surface area contributed by atoms with E-state index in [2.05, 4.69) is 0 Å². The Kier molecular flexibility index (Phi) is 1.81. The van der Waals surface area contributed by atoms with Crippen molar-refractivity contribution in [3.8, 4) is 0 Å². The third kappa shape index (κ3) is 1.31. The van der Waals surface area contributed by atoms with Gasteiger partial charge in [0.2, 0.25) is 0 Å². The smallest absolute Gasteiger partial charge is 0.190 e. The van der Waals surface area contributed by atoms with Gasteiger partial charge in [0.05, 0.1) is 5.02 Å². The molecule has 0 atom stereocenters. The van der Waals surface area contributed by atoms with E-state index >= 15 is 0 Å². The highest BCUT2D eigenvalue weighted by Crippen LogP contribution is 2.43. The molecule has 1 heterocycles. The monoisotopic (exact) mass is 204 g/mol. The minimum Gasteiger partial charge on any atom is -0.190 e. The van der Waals surface area contributed by atoms with Crippen LogP contribution in [-0.2, 0) is 15.6 Å². The summed E-state index contributed by atoms with van der Waals surface area (Å²) < 4.78 is 0. The van der Waals surface area contributed by atoms with Gasteiger partial charge in [-0.1, -0.05) is 29.3 Å². The summed E-state index contributed by atoms with van der Waals surface area (Å²) >= 11 is 11.6. The summed E-state index contributed by atoms with van der Waals surface area (Å²) in [6.45, 7) is 1.79. The lowest BCUT2D eigenvalue weighted by Gasteiger charge is -2.03. The van der Waals surface area contributed by atoms with Crippen molar-refractivity contribution in [2.75, 3.05) is 0 Å². The summed E-state index contributed by atoms with van der Waals surface area (Å²) in [5.41, 5.74) is 0.800. The number of benzene rings is 1. The van der Waals surface area contributed by atoms with E-state index in [1.54, 1.807) is 25.1 Å². The Labute approximate surface area is 79.9 Å². The molecule has 2 nitrogen and oxygen atoms in total. The van der Waals surface area contributed by atoms with E-state index < -0.39 is 5.79 Å². The van der Waals surface area contributed by atoms with E-state index in [1.807, 2.05) is 0 Å². The van der Waals surface area contributed by atoms with Gasteiger partial charge in [-0.25, -0.2) is 0 Å². The predicted octanol–water partition coefficient (Wildman–Crippen LogP) is 3.13. The molecular weight excluding hydrogens is 199 g/mol.